The van der Waals surface area contributed by atoms with Gasteiger partial charge in [0.2, 0.25) is 5.91 Å². The van der Waals surface area contributed by atoms with Gasteiger partial charge in [0.05, 0.1) is 21.7 Å². The molecule has 3 aromatic rings. The maximum absolute atomic E-state index is 11.0. The quantitative estimate of drug-likeness (QED) is 0.620. The Morgan fingerprint density at radius 3 is 2.78 bits per heavy atom. The summed E-state index contributed by atoms with van der Waals surface area (Å²) in [7, 11) is 0. The summed E-state index contributed by atoms with van der Waals surface area (Å²) in [6, 6.07) is 13.2. The Balaban J connectivity index is 1.93. The molecule has 23 heavy (non-hydrogen) atoms. The second-order valence-corrected chi connectivity index (χ2v) is 5.75. The van der Waals surface area contributed by atoms with Crippen molar-refractivity contribution < 1.29 is 4.79 Å². The minimum absolute atomic E-state index is 0.196. The number of aromatic nitrogens is 2. The van der Waals surface area contributed by atoms with Gasteiger partial charge < -0.3 is 15.6 Å². The van der Waals surface area contributed by atoms with Gasteiger partial charge in [-0.3, -0.25) is 4.79 Å². The predicted octanol–water partition coefficient (Wildman–Crippen LogP) is 3.72. The van der Waals surface area contributed by atoms with Crippen molar-refractivity contribution in [3.8, 4) is 11.4 Å². The molecule has 1 heterocycles. The Morgan fingerprint density at radius 1 is 1.26 bits per heavy atom. The van der Waals surface area contributed by atoms with E-state index in [0.717, 1.165) is 22.4 Å². The molecule has 0 fully saturated rings. The van der Waals surface area contributed by atoms with E-state index >= 15 is 0 Å². The second-order valence-electron chi connectivity index (χ2n) is 4.93. The highest BCUT2D eigenvalue weighted by atomic mass is 35.5. The van der Waals surface area contributed by atoms with Crippen molar-refractivity contribution in [2.75, 3.05) is 5.32 Å². The number of carbonyl (C=O) groups is 1. The van der Waals surface area contributed by atoms with Crippen molar-refractivity contribution in [2.45, 2.75) is 6.92 Å². The third-order valence-corrected chi connectivity index (χ3v) is 3.70. The van der Waals surface area contributed by atoms with Crippen LogP contribution in [0.5, 0.6) is 0 Å². The summed E-state index contributed by atoms with van der Waals surface area (Å²) < 4.78 is 0. The van der Waals surface area contributed by atoms with Gasteiger partial charge in [-0.1, -0.05) is 23.7 Å². The number of hydrogen-bond donors (Lipinski definition) is 3. The van der Waals surface area contributed by atoms with Crippen molar-refractivity contribution in [3.63, 3.8) is 0 Å². The lowest BCUT2D eigenvalue weighted by Gasteiger charge is -2.10. The zero-order valence-corrected chi connectivity index (χ0v) is 13.8. The van der Waals surface area contributed by atoms with Crippen LogP contribution in [0, 0.1) is 0 Å². The van der Waals surface area contributed by atoms with Crippen LogP contribution in [0.4, 0.5) is 5.69 Å². The molecule has 3 N–H and O–H groups in total. The first-order valence-electron chi connectivity index (χ1n) is 6.86. The minimum Gasteiger partial charge on any atom is -0.338 e. The molecular formula is C16H13ClN4OS. The molecule has 0 aliphatic heterocycles. The number of rotatable bonds is 2. The number of carbonyl (C=O) groups excluding carboxylic acids is 1. The molecular weight excluding hydrogens is 332 g/mol. The lowest BCUT2D eigenvalue weighted by Crippen LogP contribution is -2.32. The van der Waals surface area contributed by atoms with Gasteiger partial charge in [-0.25, -0.2) is 4.98 Å². The number of nitrogens with one attached hydrogen (secondary N) is 3. The third-order valence-electron chi connectivity index (χ3n) is 3.17. The van der Waals surface area contributed by atoms with Gasteiger partial charge in [0, 0.05) is 12.5 Å². The highest BCUT2D eigenvalue weighted by Gasteiger charge is 2.09. The molecule has 0 unspecified atom stereocenters. The van der Waals surface area contributed by atoms with E-state index in [9.17, 15) is 4.79 Å². The van der Waals surface area contributed by atoms with E-state index < -0.39 is 0 Å². The van der Waals surface area contributed by atoms with E-state index in [-0.39, 0.29) is 11.0 Å². The van der Waals surface area contributed by atoms with Crippen LogP contribution in [0.2, 0.25) is 5.02 Å². The first kappa shape index (κ1) is 15.5. The Bertz CT molecular complexity index is 873. The molecule has 116 valence electrons. The molecule has 0 atom stereocenters. The second kappa shape index (κ2) is 6.36. The van der Waals surface area contributed by atoms with E-state index in [2.05, 4.69) is 20.6 Å². The average molecular weight is 345 g/mol. The molecule has 0 saturated heterocycles. The van der Waals surface area contributed by atoms with Crippen molar-refractivity contribution in [1.29, 1.82) is 0 Å². The Morgan fingerprint density at radius 2 is 2.04 bits per heavy atom. The van der Waals surface area contributed by atoms with Crippen LogP contribution in [0.25, 0.3) is 22.4 Å². The first-order chi connectivity index (χ1) is 11.0. The van der Waals surface area contributed by atoms with Gasteiger partial charge in [-0.2, -0.15) is 0 Å². The highest BCUT2D eigenvalue weighted by Crippen LogP contribution is 2.28. The Hall–Kier alpha value is -2.44. The van der Waals surface area contributed by atoms with Crippen LogP contribution < -0.4 is 10.6 Å². The number of halogens is 1. The number of anilines is 1. The summed E-state index contributed by atoms with van der Waals surface area (Å²) in [6.45, 7) is 1.39. The smallest absolute Gasteiger partial charge is 0.222 e. The van der Waals surface area contributed by atoms with Gasteiger partial charge in [0.1, 0.15) is 5.82 Å². The lowest BCUT2D eigenvalue weighted by atomic mass is 10.2. The van der Waals surface area contributed by atoms with Crippen LogP contribution in [0.1, 0.15) is 6.92 Å². The maximum atomic E-state index is 11.0. The molecule has 0 saturated carbocycles. The van der Waals surface area contributed by atoms with Crippen molar-refractivity contribution in [2.24, 2.45) is 0 Å². The Labute approximate surface area is 143 Å². The van der Waals surface area contributed by atoms with Crippen molar-refractivity contribution >= 4 is 51.6 Å². The number of hydrogen-bond acceptors (Lipinski definition) is 3. The number of aromatic amines is 1. The molecule has 0 bridgehead atoms. The van der Waals surface area contributed by atoms with Crippen LogP contribution in [0.15, 0.2) is 42.5 Å². The largest absolute Gasteiger partial charge is 0.338 e. The monoisotopic (exact) mass is 344 g/mol. The summed E-state index contributed by atoms with van der Waals surface area (Å²) in [4.78, 5) is 18.8. The van der Waals surface area contributed by atoms with E-state index in [4.69, 9.17) is 23.8 Å². The summed E-state index contributed by atoms with van der Waals surface area (Å²) in [6.07, 6.45) is 0. The van der Waals surface area contributed by atoms with Crippen LogP contribution in [0.3, 0.4) is 0 Å². The van der Waals surface area contributed by atoms with E-state index in [0.29, 0.717) is 10.7 Å². The fraction of sp³-hybridized carbons (Fsp3) is 0.0625. The normalized spacial score (nSPS) is 10.5. The molecule has 0 radical (unpaired) electrons. The molecule has 0 aliphatic carbocycles. The lowest BCUT2D eigenvalue weighted by molar-refractivity contribution is -0.117. The summed E-state index contributed by atoms with van der Waals surface area (Å²) in [5, 5.41) is 6.10. The minimum atomic E-state index is -0.243. The van der Waals surface area contributed by atoms with E-state index in [1.54, 1.807) is 6.07 Å². The number of para-hydroxylation sites is 2. The number of nitrogens with zero attached hydrogens (tertiary/aromatic N) is 1. The summed E-state index contributed by atoms with van der Waals surface area (Å²) >= 11 is 11.2. The number of amides is 1. The zero-order valence-electron chi connectivity index (χ0n) is 12.2. The molecule has 7 heteroatoms. The van der Waals surface area contributed by atoms with Crippen LogP contribution in [-0.2, 0) is 4.79 Å². The number of fused-ring (bicyclic) bond motifs is 1. The molecule has 5 nitrogen and oxygen atoms in total. The molecule has 0 aliphatic rings. The fourth-order valence-electron chi connectivity index (χ4n) is 2.17. The third kappa shape index (κ3) is 3.49. The van der Waals surface area contributed by atoms with Gasteiger partial charge in [0.15, 0.2) is 5.11 Å². The first-order valence-corrected chi connectivity index (χ1v) is 7.65. The fourth-order valence-corrected chi connectivity index (χ4v) is 2.59. The van der Waals surface area contributed by atoms with Gasteiger partial charge in [0.25, 0.3) is 0 Å². The molecule has 1 aromatic heterocycles. The summed E-state index contributed by atoms with van der Waals surface area (Å²) in [5.41, 5.74) is 3.31. The molecule has 3 rings (SSSR count). The molecule has 2 aromatic carbocycles. The zero-order chi connectivity index (χ0) is 16.4. The topological polar surface area (TPSA) is 69.8 Å². The molecule has 1 amide bonds. The summed E-state index contributed by atoms with van der Waals surface area (Å²) in [5.74, 6) is 0.489. The van der Waals surface area contributed by atoms with Gasteiger partial charge >= 0.3 is 0 Å². The maximum Gasteiger partial charge on any atom is 0.222 e. The van der Waals surface area contributed by atoms with Crippen LogP contribution in [-0.4, -0.2) is 21.0 Å². The number of benzene rings is 2. The van der Waals surface area contributed by atoms with Gasteiger partial charge in [-0.15, -0.1) is 0 Å². The SMILES string of the molecule is CC(=O)NC(=S)Nc1cc(-c2nc3ccccc3[nH]2)ccc1Cl. The van der Waals surface area contributed by atoms with Crippen molar-refractivity contribution in [1.82, 2.24) is 15.3 Å². The van der Waals surface area contributed by atoms with Crippen LogP contribution >= 0.6 is 23.8 Å². The van der Waals surface area contributed by atoms with Gasteiger partial charge in [-0.05, 0) is 42.5 Å². The van der Waals surface area contributed by atoms with Crippen molar-refractivity contribution in [3.05, 3.63) is 47.5 Å². The standard InChI is InChI=1S/C16H13ClN4OS/c1-9(22)18-16(23)21-14-8-10(6-7-11(14)17)15-19-12-4-2-3-5-13(12)20-15/h2-8H,1H3,(H,19,20)(H2,18,21,22,23). The predicted molar refractivity (Wildman–Crippen MR) is 96.6 cm³/mol. The Kier molecular flexibility index (Phi) is 4.27. The number of thiocarbonyl (C=S) groups is 1. The van der Waals surface area contributed by atoms with E-state index in [1.165, 1.54) is 6.92 Å². The molecule has 0 spiro atoms. The highest BCUT2D eigenvalue weighted by molar-refractivity contribution is 7.80. The number of H-pyrrole nitrogens is 1. The average Bonchev–Trinajstić information content (AvgIpc) is 2.92. The number of imidazole rings is 1. The van der Waals surface area contributed by atoms with E-state index in [1.807, 2.05) is 36.4 Å².